The Hall–Kier alpha value is -5.20. The first kappa shape index (κ1) is 32.3. The van der Waals surface area contributed by atoms with Gasteiger partial charge in [0, 0.05) is 34.4 Å². The van der Waals surface area contributed by atoms with E-state index in [0.29, 0.717) is 26.4 Å². The smallest absolute Gasteiger partial charge is 0.330 e. The van der Waals surface area contributed by atoms with Gasteiger partial charge in [0.05, 0.1) is 26.4 Å². The lowest BCUT2D eigenvalue weighted by Gasteiger charge is -2.06. The van der Waals surface area contributed by atoms with Crippen LogP contribution in [0.25, 0.3) is 0 Å². The maximum atomic E-state index is 11.0. The van der Waals surface area contributed by atoms with Crippen LogP contribution in [0.2, 0.25) is 0 Å². The van der Waals surface area contributed by atoms with Crippen molar-refractivity contribution in [2.75, 3.05) is 26.4 Å². The van der Waals surface area contributed by atoms with Crippen molar-refractivity contribution in [1.82, 2.24) is 0 Å². The van der Waals surface area contributed by atoms with Gasteiger partial charge in [-0.15, -0.1) is 0 Å². The molecule has 6 nitrogen and oxygen atoms in total. The summed E-state index contributed by atoms with van der Waals surface area (Å²) in [7, 11) is 0. The van der Waals surface area contributed by atoms with E-state index in [2.05, 4.69) is 36.8 Å². The SMILES string of the molecule is C=CC(=O)OCCCCOc1ccc(C#Cc2ccc(C#Cc3ccc(OCCCCOC(=O)C=C)cc3)c(C)c2)cc1. The molecule has 3 aromatic carbocycles. The second kappa shape index (κ2) is 18.3. The van der Waals surface area contributed by atoms with Gasteiger partial charge in [0.1, 0.15) is 11.5 Å². The molecule has 220 valence electrons. The molecule has 0 spiro atoms. The lowest BCUT2D eigenvalue weighted by molar-refractivity contribution is -0.138. The quantitative estimate of drug-likeness (QED) is 0.0936. The number of hydrogen-bond donors (Lipinski definition) is 0. The van der Waals surface area contributed by atoms with Crippen LogP contribution in [-0.2, 0) is 19.1 Å². The average molecular weight is 577 g/mol. The van der Waals surface area contributed by atoms with Crippen LogP contribution in [0.15, 0.2) is 92.0 Å². The summed E-state index contributed by atoms with van der Waals surface area (Å²) in [6.45, 7) is 10.6. The Labute approximate surface area is 254 Å². The first-order valence-electron chi connectivity index (χ1n) is 14.2. The van der Waals surface area contributed by atoms with Crippen LogP contribution in [0.3, 0.4) is 0 Å². The highest BCUT2D eigenvalue weighted by atomic mass is 16.5. The number of carbonyl (C=O) groups excluding carboxylic acids is 2. The fourth-order valence-corrected chi connectivity index (χ4v) is 3.69. The van der Waals surface area contributed by atoms with Crippen LogP contribution in [0.4, 0.5) is 0 Å². The number of unbranched alkanes of at least 4 members (excludes halogenated alkanes) is 2. The molecule has 0 bridgehead atoms. The van der Waals surface area contributed by atoms with Crippen molar-refractivity contribution in [2.24, 2.45) is 0 Å². The molecule has 0 saturated heterocycles. The minimum absolute atomic E-state index is 0.363. The third kappa shape index (κ3) is 12.5. The van der Waals surface area contributed by atoms with Crippen LogP contribution in [0.5, 0.6) is 11.5 Å². The van der Waals surface area contributed by atoms with Gasteiger partial charge in [-0.1, -0.05) is 36.8 Å². The molecule has 0 aromatic heterocycles. The predicted molar refractivity (Wildman–Crippen MR) is 168 cm³/mol. The van der Waals surface area contributed by atoms with Gasteiger partial charge < -0.3 is 18.9 Å². The predicted octanol–water partition coefficient (Wildman–Crippen LogP) is 6.57. The van der Waals surface area contributed by atoms with E-state index in [1.807, 2.05) is 73.7 Å². The van der Waals surface area contributed by atoms with Crippen molar-refractivity contribution in [3.63, 3.8) is 0 Å². The van der Waals surface area contributed by atoms with Gasteiger partial charge in [-0.05, 0) is 105 Å². The topological polar surface area (TPSA) is 71.1 Å². The van der Waals surface area contributed by atoms with Crippen molar-refractivity contribution >= 4 is 11.9 Å². The van der Waals surface area contributed by atoms with E-state index in [4.69, 9.17) is 18.9 Å². The summed E-state index contributed by atoms with van der Waals surface area (Å²) in [4.78, 5) is 22.0. The number of esters is 2. The monoisotopic (exact) mass is 576 g/mol. The van der Waals surface area contributed by atoms with Gasteiger partial charge in [-0.2, -0.15) is 0 Å². The molecule has 0 radical (unpaired) electrons. The normalized spacial score (nSPS) is 9.79. The number of ether oxygens (including phenoxy) is 4. The zero-order valence-electron chi connectivity index (χ0n) is 24.5. The minimum Gasteiger partial charge on any atom is -0.494 e. The maximum Gasteiger partial charge on any atom is 0.330 e. The Balaban J connectivity index is 1.43. The molecule has 0 fully saturated rings. The number of benzene rings is 3. The van der Waals surface area contributed by atoms with Crippen molar-refractivity contribution in [2.45, 2.75) is 32.6 Å². The summed E-state index contributed by atoms with van der Waals surface area (Å²) < 4.78 is 21.4. The lowest BCUT2D eigenvalue weighted by Crippen LogP contribution is -2.04. The van der Waals surface area contributed by atoms with Gasteiger partial charge in [0.25, 0.3) is 0 Å². The molecule has 0 aliphatic rings. The molecule has 0 N–H and O–H groups in total. The number of carbonyl (C=O) groups is 2. The summed E-state index contributed by atoms with van der Waals surface area (Å²) in [6, 6.07) is 21.3. The van der Waals surface area contributed by atoms with Gasteiger partial charge in [0.2, 0.25) is 0 Å². The molecular formula is C37H36O6. The van der Waals surface area contributed by atoms with Gasteiger partial charge >= 0.3 is 11.9 Å². The zero-order valence-corrected chi connectivity index (χ0v) is 24.5. The lowest BCUT2D eigenvalue weighted by atomic mass is 10.0. The van der Waals surface area contributed by atoms with Gasteiger partial charge in [-0.3, -0.25) is 0 Å². The maximum absolute atomic E-state index is 11.0. The zero-order chi connectivity index (χ0) is 30.7. The average Bonchev–Trinajstić information content (AvgIpc) is 3.03. The highest BCUT2D eigenvalue weighted by Crippen LogP contribution is 2.15. The fourth-order valence-electron chi connectivity index (χ4n) is 3.69. The van der Waals surface area contributed by atoms with Crippen LogP contribution in [0.1, 0.15) is 53.5 Å². The Morgan fingerprint density at radius 1 is 0.605 bits per heavy atom. The summed E-state index contributed by atoms with van der Waals surface area (Å²) in [5, 5.41) is 0. The Kier molecular flexibility index (Phi) is 13.7. The summed E-state index contributed by atoms with van der Waals surface area (Å²) in [5.74, 6) is 13.6. The highest BCUT2D eigenvalue weighted by Gasteiger charge is 2.00. The largest absolute Gasteiger partial charge is 0.494 e. The Morgan fingerprint density at radius 2 is 1.02 bits per heavy atom. The molecule has 6 heteroatoms. The molecule has 43 heavy (non-hydrogen) atoms. The van der Waals surface area contributed by atoms with E-state index in [-0.39, 0.29) is 0 Å². The highest BCUT2D eigenvalue weighted by molar-refractivity contribution is 5.81. The second-order valence-corrected chi connectivity index (χ2v) is 9.43. The molecule has 0 amide bonds. The standard InChI is InChI=1S/C37H36O6/c1-4-36(38)42-26-8-6-24-40-34-20-14-30(15-21-34)10-11-32-13-19-33(29(3)28-32)18-12-31-16-22-35(23-17-31)41-25-7-9-27-43-37(39)5-2/h4-5,13-17,19-23,28H,1-2,6-9,24-27H2,3H3. The first-order chi connectivity index (χ1) is 21.0. The molecule has 0 aliphatic carbocycles. The van der Waals surface area contributed by atoms with Crippen LogP contribution in [-0.4, -0.2) is 38.4 Å². The van der Waals surface area contributed by atoms with E-state index in [9.17, 15) is 9.59 Å². The van der Waals surface area contributed by atoms with E-state index in [0.717, 1.165) is 77.2 Å². The molecular weight excluding hydrogens is 540 g/mol. The number of rotatable bonds is 14. The van der Waals surface area contributed by atoms with Gasteiger partial charge in [-0.25, -0.2) is 9.59 Å². The van der Waals surface area contributed by atoms with Crippen molar-refractivity contribution in [1.29, 1.82) is 0 Å². The summed E-state index contributed by atoms with van der Waals surface area (Å²) >= 11 is 0. The van der Waals surface area contributed by atoms with E-state index >= 15 is 0 Å². The van der Waals surface area contributed by atoms with E-state index in [1.54, 1.807) is 0 Å². The molecule has 0 aliphatic heterocycles. The fraction of sp³-hybridized carbons (Fsp3) is 0.243. The number of hydrogen-bond acceptors (Lipinski definition) is 6. The minimum atomic E-state index is -0.404. The molecule has 3 rings (SSSR count). The van der Waals surface area contributed by atoms with Crippen molar-refractivity contribution < 1.29 is 28.5 Å². The molecule has 0 heterocycles. The summed E-state index contributed by atoms with van der Waals surface area (Å²) in [6.07, 6.45) is 5.35. The third-order valence-electron chi connectivity index (χ3n) is 6.06. The second-order valence-electron chi connectivity index (χ2n) is 9.43. The van der Waals surface area contributed by atoms with Crippen molar-refractivity contribution in [3.8, 4) is 35.2 Å². The summed E-state index contributed by atoms with van der Waals surface area (Å²) in [5.41, 5.74) is 4.71. The van der Waals surface area contributed by atoms with Gasteiger partial charge in [0.15, 0.2) is 0 Å². The molecule has 0 saturated carbocycles. The Bertz CT molecular complexity index is 1500. The van der Waals surface area contributed by atoms with Crippen LogP contribution in [0, 0.1) is 30.6 Å². The number of aryl methyl sites for hydroxylation is 1. The first-order valence-corrected chi connectivity index (χ1v) is 14.2. The molecule has 0 unspecified atom stereocenters. The molecule has 0 atom stereocenters. The van der Waals surface area contributed by atoms with Crippen LogP contribution >= 0.6 is 0 Å². The van der Waals surface area contributed by atoms with Crippen molar-refractivity contribution in [3.05, 3.63) is 120 Å². The van der Waals surface area contributed by atoms with E-state index < -0.39 is 11.9 Å². The van der Waals surface area contributed by atoms with Crippen LogP contribution < -0.4 is 9.47 Å². The van der Waals surface area contributed by atoms with E-state index in [1.165, 1.54) is 0 Å². The Morgan fingerprint density at radius 3 is 1.49 bits per heavy atom. The third-order valence-corrected chi connectivity index (χ3v) is 6.06. The molecule has 3 aromatic rings.